The van der Waals surface area contributed by atoms with Gasteiger partial charge in [-0.05, 0) is 18.2 Å². The minimum atomic E-state index is -1.82. The number of aliphatic hydroxyl groups excluding tert-OH is 8. The van der Waals surface area contributed by atoms with Gasteiger partial charge in [-0.3, -0.25) is 0 Å². The Morgan fingerprint density at radius 1 is 0.676 bits per heavy atom. The van der Waals surface area contributed by atoms with Crippen molar-refractivity contribution in [2.75, 3.05) is 13.2 Å². The number of aliphatic hydroxyl groups is 8. The molecular weight excluding hydrogens is 464 g/mol. The van der Waals surface area contributed by atoms with E-state index in [1.807, 2.05) is 0 Å². The summed E-state index contributed by atoms with van der Waals surface area (Å²) in [6.45, 7) is -1.45. The van der Waals surface area contributed by atoms with Gasteiger partial charge >= 0.3 is 11.9 Å². The highest BCUT2D eigenvalue weighted by molar-refractivity contribution is 5.95. The number of hydrogen-bond donors (Lipinski definition) is 8. The molecule has 14 nitrogen and oxygen atoms in total. The first-order valence-electron chi connectivity index (χ1n) is 10.2. The van der Waals surface area contributed by atoms with Crippen molar-refractivity contribution >= 4 is 11.9 Å². The van der Waals surface area contributed by atoms with E-state index in [9.17, 15) is 50.4 Å². The van der Waals surface area contributed by atoms with Crippen molar-refractivity contribution in [1.29, 1.82) is 0 Å². The number of benzene rings is 1. The molecule has 2 saturated heterocycles. The van der Waals surface area contributed by atoms with Crippen molar-refractivity contribution < 1.29 is 69.4 Å². The van der Waals surface area contributed by atoms with Gasteiger partial charge in [-0.15, -0.1) is 0 Å². The lowest BCUT2D eigenvalue weighted by Gasteiger charge is -2.39. The molecule has 2 heterocycles. The van der Waals surface area contributed by atoms with E-state index in [2.05, 4.69) is 0 Å². The average molecular weight is 490 g/mol. The summed E-state index contributed by atoms with van der Waals surface area (Å²) in [6.07, 6.45) is -16.5. The van der Waals surface area contributed by atoms with Crippen LogP contribution in [0.15, 0.2) is 24.3 Å². The second-order valence-corrected chi connectivity index (χ2v) is 7.79. The summed E-state index contributed by atoms with van der Waals surface area (Å²) in [5.41, 5.74) is -0.416. The molecule has 3 rings (SSSR count). The first-order chi connectivity index (χ1) is 16.1. The zero-order valence-electron chi connectivity index (χ0n) is 17.5. The van der Waals surface area contributed by atoms with Crippen LogP contribution in [0.1, 0.15) is 20.7 Å². The quantitative estimate of drug-likeness (QED) is 0.176. The first kappa shape index (κ1) is 26.4. The maximum absolute atomic E-state index is 12.5. The molecule has 0 aromatic heterocycles. The maximum Gasteiger partial charge on any atom is 0.340 e. The van der Waals surface area contributed by atoms with Gasteiger partial charge < -0.3 is 59.8 Å². The minimum Gasteiger partial charge on any atom is -0.429 e. The monoisotopic (exact) mass is 490 g/mol. The fourth-order valence-corrected chi connectivity index (χ4v) is 3.45. The molecule has 0 amide bonds. The predicted molar refractivity (Wildman–Crippen MR) is 105 cm³/mol. The second kappa shape index (κ2) is 11.0. The fourth-order valence-electron chi connectivity index (χ4n) is 3.45. The molecule has 0 spiro atoms. The van der Waals surface area contributed by atoms with Gasteiger partial charge in [0.1, 0.15) is 48.8 Å². The van der Waals surface area contributed by atoms with Crippen molar-refractivity contribution in [3.05, 3.63) is 35.4 Å². The third-order valence-corrected chi connectivity index (χ3v) is 5.48. The molecule has 34 heavy (non-hydrogen) atoms. The summed E-state index contributed by atoms with van der Waals surface area (Å²) in [5.74, 6) is -2.18. The number of carbonyl (C=O) groups excluding carboxylic acids is 2. The summed E-state index contributed by atoms with van der Waals surface area (Å²) >= 11 is 0. The lowest BCUT2D eigenvalue weighted by atomic mass is 9.99. The van der Waals surface area contributed by atoms with Gasteiger partial charge in [0.05, 0.1) is 24.3 Å². The first-order valence-corrected chi connectivity index (χ1v) is 10.2. The smallest absolute Gasteiger partial charge is 0.340 e. The van der Waals surface area contributed by atoms with Crippen LogP contribution in [0.25, 0.3) is 0 Å². The van der Waals surface area contributed by atoms with Crippen molar-refractivity contribution in [2.45, 2.75) is 61.4 Å². The molecule has 0 saturated carbocycles. The van der Waals surface area contributed by atoms with Gasteiger partial charge in [-0.1, -0.05) is 6.07 Å². The van der Waals surface area contributed by atoms with Crippen LogP contribution in [0.5, 0.6) is 0 Å². The summed E-state index contributed by atoms with van der Waals surface area (Å²) < 4.78 is 20.2. The van der Waals surface area contributed by atoms with Crippen LogP contribution in [0.3, 0.4) is 0 Å². The van der Waals surface area contributed by atoms with Crippen molar-refractivity contribution in [3.8, 4) is 0 Å². The Hall–Kier alpha value is -2.24. The standard InChI is InChI=1S/C20H26O14/c21-5-9-11(23)13(25)15(27)19(31-9)33-17(29)7-2-1-3-8(4-7)18(30)34-20-16(28)14(26)12(24)10(6-22)32-20/h1-4,9-16,19-28H,5-6H2/t9-,10-,11-,12-,13+,14+,15-,16-,19?,20?/m1/s1. The summed E-state index contributed by atoms with van der Waals surface area (Å²) in [4.78, 5) is 25.0. The van der Waals surface area contributed by atoms with Crippen molar-refractivity contribution in [2.24, 2.45) is 0 Å². The van der Waals surface area contributed by atoms with Gasteiger partial charge in [-0.2, -0.15) is 0 Å². The number of esters is 2. The zero-order chi connectivity index (χ0) is 25.2. The van der Waals surface area contributed by atoms with Gasteiger partial charge in [0.15, 0.2) is 0 Å². The lowest BCUT2D eigenvalue weighted by molar-refractivity contribution is -0.285. The molecule has 1 aromatic carbocycles. The van der Waals surface area contributed by atoms with Gasteiger partial charge in [0.2, 0.25) is 12.6 Å². The molecule has 1 aromatic rings. The third kappa shape index (κ3) is 5.36. The highest BCUT2D eigenvalue weighted by Crippen LogP contribution is 2.25. The molecule has 14 heteroatoms. The molecule has 0 aliphatic carbocycles. The number of hydrogen-bond acceptors (Lipinski definition) is 14. The van der Waals surface area contributed by atoms with Crippen LogP contribution in [-0.2, 0) is 18.9 Å². The normalized spacial score (nSPS) is 38.2. The van der Waals surface area contributed by atoms with Crippen molar-refractivity contribution in [1.82, 2.24) is 0 Å². The molecule has 0 radical (unpaired) electrons. The lowest BCUT2D eigenvalue weighted by Crippen LogP contribution is -2.59. The van der Waals surface area contributed by atoms with E-state index in [0.717, 1.165) is 6.07 Å². The Morgan fingerprint density at radius 2 is 1.06 bits per heavy atom. The predicted octanol–water partition coefficient (Wildman–Crippen LogP) is -4.40. The van der Waals surface area contributed by atoms with E-state index >= 15 is 0 Å². The molecule has 10 atom stereocenters. The highest BCUT2D eigenvalue weighted by Gasteiger charge is 2.46. The van der Waals surface area contributed by atoms with E-state index in [1.165, 1.54) is 18.2 Å². The van der Waals surface area contributed by atoms with E-state index in [-0.39, 0.29) is 11.1 Å². The molecule has 2 aliphatic rings. The van der Waals surface area contributed by atoms with Crippen LogP contribution < -0.4 is 0 Å². The van der Waals surface area contributed by atoms with Gasteiger partial charge in [0.25, 0.3) is 0 Å². The van der Waals surface area contributed by atoms with Gasteiger partial charge in [0, 0.05) is 0 Å². The SMILES string of the molecule is O=C(OC1O[C@H](CO)[C@@H](O)[C@H](O)[C@H]1O)c1cccc(C(=O)OC2O[C@H](CO)[C@@H](O)[C@H](O)[C@H]2O)c1. The Morgan fingerprint density at radius 3 is 1.41 bits per heavy atom. The second-order valence-electron chi connectivity index (χ2n) is 7.79. The molecule has 8 N–H and O–H groups in total. The van der Waals surface area contributed by atoms with Gasteiger partial charge in [-0.25, -0.2) is 9.59 Å². The van der Waals surface area contributed by atoms with E-state index in [0.29, 0.717) is 0 Å². The highest BCUT2D eigenvalue weighted by atomic mass is 16.7. The third-order valence-electron chi connectivity index (χ3n) is 5.48. The van der Waals surface area contributed by atoms with Crippen LogP contribution >= 0.6 is 0 Å². The average Bonchev–Trinajstić information content (AvgIpc) is 2.84. The fraction of sp³-hybridized carbons (Fsp3) is 0.600. The number of ether oxygens (including phenoxy) is 4. The molecule has 2 fully saturated rings. The van der Waals surface area contributed by atoms with Crippen LogP contribution in [0.2, 0.25) is 0 Å². The molecule has 2 aliphatic heterocycles. The van der Waals surface area contributed by atoms with Crippen LogP contribution in [0, 0.1) is 0 Å². The van der Waals surface area contributed by atoms with Crippen LogP contribution in [-0.4, -0.2) is 127 Å². The maximum atomic E-state index is 12.5. The molecule has 0 bridgehead atoms. The van der Waals surface area contributed by atoms with Crippen molar-refractivity contribution in [3.63, 3.8) is 0 Å². The summed E-state index contributed by atoms with van der Waals surface area (Å²) in [7, 11) is 0. The summed E-state index contributed by atoms with van der Waals surface area (Å²) in [6, 6.07) is 4.82. The molecule has 190 valence electrons. The Kier molecular flexibility index (Phi) is 8.53. The summed E-state index contributed by atoms with van der Waals surface area (Å²) in [5, 5.41) is 77.5. The molecular formula is C20H26O14. The number of rotatable bonds is 6. The largest absolute Gasteiger partial charge is 0.429 e. The zero-order valence-corrected chi connectivity index (χ0v) is 17.5. The van der Waals surface area contributed by atoms with E-state index < -0.39 is 86.6 Å². The topological polar surface area (TPSA) is 233 Å². The minimum absolute atomic E-state index is 0.208. The van der Waals surface area contributed by atoms with Crippen LogP contribution in [0.4, 0.5) is 0 Å². The van der Waals surface area contributed by atoms with E-state index in [4.69, 9.17) is 18.9 Å². The van der Waals surface area contributed by atoms with E-state index in [1.54, 1.807) is 0 Å². The number of carbonyl (C=O) groups is 2. The Bertz CT molecular complexity index is 794. The Labute approximate surface area is 192 Å². The molecule has 2 unspecified atom stereocenters. The Balaban J connectivity index is 1.68.